The first-order valence-corrected chi connectivity index (χ1v) is 17.8. The third kappa shape index (κ3) is 9.91. The minimum atomic E-state index is -4.92. The molecule has 4 aromatic rings. The van der Waals surface area contributed by atoms with E-state index in [1.807, 2.05) is 6.92 Å². The molecule has 0 fully saturated rings. The zero-order chi connectivity index (χ0) is 35.8. The van der Waals surface area contributed by atoms with Crippen LogP contribution in [0.2, 0.25) is 15.1 Å². The molecule has 260 valence electrons. The van der Waals surface area contributed by atoms with E-state index in [0.29, 0.717) is 34.5 Å². The lowest BCUT2D eigenvalue weighted by molar-refractivity contribution is -0.140. The van der Waals surface area contributed by atoms with E-state index in [9.17, 15) is 31.2 Å². The van der Waals surface area contributed by atoms with Crippen LogP contribution >= 0.6 is 34.8 Å². The summed E-state index contributed by atoms with van der Waals surface area (Å²) >= 11 is 18.3. The Morgan fingerprint density at radius 2 is 1.45 bits per heavy atom. The molecular weight excluding hydrogens is 722 g/mol. The summed E-state index contributed by atoms with van der Waals surface area (Å²) in [6, 6.07) is 22.0. The SMILES string of the molecule is CCCCNC(=O)[C@H](Cc1ccccc1)N(Cc1ccc(Cl)c(Cl)c1)C(=O)CN(c1ccc(Cl)c(C(F)(F)F)c1)S(=O)(=O)c1ccccc1. The number of nitrogens with zero attached hydrogens (tertiary/aromatic N) is 2. The fourth-order valence-electron chi connectivity index (χ4n) is 5.03. The van der Waals surface area contributed by atoms with Gasteiger partial charge in [0.2, 0.25) is 11.8 Å². The normalized spacial score (nSPS) is 12.3. The fraction of sp³-hybridized carbons (Fsp3) is 0.257. The number of amides is 2. The molecular formula is C35H33Cl3F3N3O4S. The maximum absolute atomic E-state index is 14.5. The van der Waals surface area contributed by atoms with Crippen molar-refractivity contribution in [2.75, 3.05) is 17.4 Å². The maximum atomic E-state index is 14.5. The van der Waals surface area contributed by atoms with Gasteiger partial charge in [0.05, 0.1) is 31.2 Å². The summed E-state index contributed by atoms with van der Waals surface area (Å²) in [7, 11) is -4.63. The van der Waals surface area contributed by atoms with E-state index in [1.54, 1.807) is 42.5 Å². The Morgan fingerprint density at radius 1 is 0.816 bits per heavy atom. The smallest absolute Gasteiger partial charge is 0.354 e. The van der Waals surface area contributed by atoms with Crippen molar-refractivity contribution in [2.45, 2.75) is 49.8 Å². The van der Waals surface area contributed by atoms with E-state index in [2.05, 4.69) is 5.32 Å². The molecule has 14 heteroatoms. The minimum absolute atomic E-state index is 0.0520. The Labute approximate surface area is 298 Å². The van der Waals surface area contributed by atoms with Crippen molar-refractivity contribution in [2.24, 2.45) is 0 Å². The van der Waals surface area contributed by atoms with E-state index in [1.165, 1.54) is 41.3 Å². The molecule has 4 rings (SSSR count). The first-order valence-electron chi connectivity index (χ1n) is 15.2. The Hall–Kier alpha value is -3.77. The number of rotatable bonds is 14. The molecule has 0 aliphatic rings. The summed E-state index contributed by atoms with van der Waals surface area (Å²) < 4.78 is 70.6. The molecule has 1 N–H and O–H groups in total. The summed E-state index contributed by atoms with van der Waals surface area (Å²) in [5.74, 6) is -1.35. The Bertz CT molecular complexity index is 1860. The number of nitrogens with one attached hydrogen (secondary N) is 1. The molecule has 1 atom stereocenters. The van der Waals surface area contributed by atoms with Gasteiger partial charge in [-0.3, -0.25) is 13.9 Å². The molecule has 0 saturated carbocycles. The lowest BCUT2D eigenvalue weighted by Crippen LogP contribution is -2.53. The van der Waals surface area contributed by atoms with Gasteiger partial charge >= 0.3 is 6.18 Å². The van der Waals surface area contributed by atoms with Gasteiger partial charge in [0, 0.05) is 19.5 Å². The van der Waals surface area contributed by atoms with Crippen molar-refractivity contribution < 1.29 is 31.2 Å². The van der Waals surface area contributed by atoms with Gasteiger partial charge < -0.3 is 10.2 Å². The molecule has 0 radical (unpaired) electrons. The minimum Gasteiger partial charge on any atom is -0.354 e. The number of hydrogen-bond acceptors (Lipinski definition) is 4. The van der Waals surface area contributed by atoms with Crippen LogP contribution in [0, 0.1) is 0 Å². The van der Waals surface area contributed by atoms with Crippen molar-refractivity contribution in [3.05, 3.63) is 129 Å². The number of carbonyl (C=O) groups is 2. The zero-order valence-corrected chi connectivity index (χ0v) is 29.3. The number of benzene rings is 4. The van der Waals surface area contributed by atoms with Crippen LogP contribution < -0.4 is 9.62 Å². The van der Waals surface area contributed by atoms with Gasteiger partial charge in [-0.2, -0.15) is 13.2 Å². The summed E-state index contributed by atoms with van der Waals surface area (Å²) in [6.45, 7) is 1.12. The van der Waals surface area contributed by atoms with Crippen molar-refractivity contribution in [3.63, 3.8) is 0 Å². The molecule has 0 heterocycles. The predicted molar refractivity (Wildman–Crippen MR) is 186 cm³/mol. The van der Waals surface area contributed by atoms with Gasteiger partial charge in [0.1, 0.15) is 12.6 Å². The second-order valence-electron chi connectivity index (χ2n) is 11.1. The lowest BCUT2D eigenvalue weighted by atomic mass is 10.0. The number of hydrogen-bond donors (Lipinski definition) is 1. The highest BCUT2D eigenvalue weighted by Crippen LogP contribution is 2.38. The topological polar surface area (TPSA) is 86.8 Å². The van der Waals surface area contributed by atoms with Crippen LogP contribution in [0.25, 0.3) is 0 Å². The number of sulfonamides is 1. The molecule has 0 bridgehead atoms. The third-order valence-corrected chi connectivity index (χ3v) is 10.4. The van der Waals surface area contributed by atoms with Crippen LogP contribution in [-0.2, 0) is 38.8 Å². The van der Waals surface area contributed by atoms with Crippen LogP contribution in [0.15, 0.2) is 102 Å². The number of anilines is 1. The summed E-state index contributed by atoms with van der Waals surface area (Å²) in [5.41, 5.74) is -0.537. The quantitative estimate of drug-likeness (QED) is 0.131. The fourth-order valence-corrected chi connectivity index (χ4v) is 7.00. The molecule has 4 aromatic carbocycles. The molecule has 0 aromatic heterocycles. The highest BCUT2D eigenvalue weighted by atomic mass is 35.5. The van der Waals surface area contributed by atoms with Gasteiger partial charge in [0.25, 0.3) is 10.0 Å². The van der Waals surface area contributed by atoms with Crippen LogP contribution in [0.3, 0.4) is 0 Å². The molecule has 0 spiro atoms. The summed E-state index contributed by atoms with van der Waals surface area (Å²) in [5, 5.41) is 2.66. The van der Waals surface area contributed by atoms with Crippen LogP contribution in [0.4, 0.5) is 18.9 Å². The standard InChI is InChI=1S/C35H33Cl3F3N3O4S/c1-2-3-18-42-34(46)32(20-24-10-6-4-7-11-24)43(22-25-14-16-30(37)31(38)19-25)33(45)23-44(49(47,48)27-12-8-5-9-13-27)26-15-17-29(36)28(21-26)35(39,40)41/h4-17,19,21,32H,2-3,18,20,22-23H2,1H3,(H,42,46)/t32-/m0/s1. The number of unbranched alkanes of at least 4 members (excludes halogenated alkanes) is 1. The van der Waals surface area contributed by atoms with E-state index >= 15 is 0 Å². The van der Waals surface area contributed by atoms with Crippen LogP contribution in [-0.4, -0.2) is 44.3 Å². The molecule has 0 unspecified atom stereocenters. The monoisotopic (exact) mass is 753 g/mol. The average Bonchev–Trinajstić information content (AvgIpc) is 3.07. The highest BCUT2D eigenvalue weighted by molar-refractivity contribution is 7.92. The predicted octanol–water partition coefficient (Wildman–Crippen LogP) is 8.42. The highest BCUT2D eigenvalue weighted by Gasteiger charge is 2.37. The number of carbonyl (C=O) groups excluding carboxylic acids is 2. The van der Waals surface area contributed by atoms with E-state index in [-0.39, 0.29) is 27.9 Å². The van der Waals surface area contributed by atoms with Gasteiger partial charge in [-0.15, -0.1) is 0 Å². The van der Waals surface area contributed by atoms with Gasteiger partial charge in [-0.05, 0) is 60.0 Å². The van der Waals surface area contributed by atoms with Crippen molar-refractivity contribution in [1.82, 2.24) is 10.2 Å². The van der Waals surface area contributed by atoms with Gasteiger partial charge in [-0.1, -0.05) is 103 Å². The van der Waals surface area contributed by atoms with E-state index in [4.69, 9.17) is 34.8 Å². The van der Waals surface area contributed by atoms with Crippen molar-refractivity contribution >= 4 is 62.3 Å². The Kier molecular flexibility index (Phi) is 13.0. The zero-order valence-electron chi connectivity index (χ0n) is 26.3. The van der Waals surface area contributed by atoms with Gasteiger partial charge in [0.15, 0.2) is 0 Å². The first-order chi connectivity index (χ1) is 23.2. The summed E-state index contributed by atoms with van der Waals surface area (Å²) in [4.78, 5) is 29.3. The molecule has 2 amide bonds. The number of alkyl halides is 3. The van der Waals surface area contributed by atoms with Crippen molar-refractivity contribution in [3.8, 4) is 0 Å². The molecule has 0 saturated heterocycles. The third-order valence-electron chi connectivity index (χ3n) is 7.59. The van der Waals surface area contributed by atoms with Gasteiger partial charge in [-0.25, -0.2) is 8.42 Å². The Balaban J connectivity index is 1.86. The second-order valence-corrected chi connectivity index (χ2v) is 14.2. The maximum Gasteiger partial charge on any atom is 0.417 e. The van der Waals surface area contributed by atoms with E-state index in [0.717, 1.165) is 18.6 Å². The van der Waals surface area contributed by atoms with E-state index < -0.39 is 56.9 Å². The second kappa shape index (κ2) is 16.8. The molecule has 7 nitrogen and oxygen atoms in total. The summed E-state index contributed by atoms with van der Waals surface area (Å²) in [6.07, 6.45) is -3.40. The largest absolute Gasteiger partial charge is 0.417 e. The first kappa shape index (κ1) is 38.0. The lowest BCUT2D eigenvalue weighted by Gasteiger charge is -2.34. The van der Waals surface area contributed by atoms with Crippen molar-refractivity contribution in [1.29, 1.82) is 0 Å². The number of halogens is 6. The molecule has 0 aliphatic carbocycles. The molecule has 49 heavy (non-hydrogen) atoms. The average molecular weight is 755 g/mol. The van der Waals surface area contributed by atoms with Crippen LogP contribution in [0.1, 0.15) is 36.5 Å². The molecule has 0 aliphatic heterocycles. The Morgan fingerprint density at radius 3 is 2.06 bits per heavy atom. The van der Waals surface area contributed by atoms with Crippen LogP contribution in [0.5, 0.6) is 0 Å².